The molecule has 9 nitrogen and oxygen atoms in total. The van der Waals surface area contributed by atoms with Crippen molar-refractivity contribution in [1.82, 2.24) is 4.90 Å². The van der Waals surface area contributed by atoms with Gasteiger partial charge in [-0.25, -0.2) is 0 Å². The van der Waals surface area contributed by atoms with Crippen LogP contribution in [-0.4, -0.2) is 61.1 Å². The van der Waals surface area contributed by atoms with Crippen LogP contribution < -0.4 is 22.9 Å². The van der Waals surface area contributed by atoms with E-state index in [4.69, 9.17) is 22.9 Å². The standard InChI is InChI=1S/C19H39N7O2/c1-15(2)17(28)14-26(12-6-4-3-5-10-24-18(20)21)13-9-16(27)8-7-11-25-19(22)23/h15H,3-14H2,1-2H3,(H4,20,21,24)(H4,22,23,25). The number of nitrogens with two attached hydrogens (primary N) is 4. The van der Waals surface area contributed by atoms with Crippen molar-refractivity contribution in [3.05, 3.63) is 0 Å². The van der Waals surface area contributed by atoms with Crippen LogP contribution in [-0.2, 0) is 9.59 Å². The summed E-state index contributed by atoms with van der Waals surface area (Å²) in [7, 11) is 0. The minimum atomic E-state index is -0.00244. The third-order valence-corrected chi connectivity index (χ3v) is 4.32. The second-order valence-corrected chi connectivity index (χ2v) is 7.32. The van der Waals surface area contributed by atoms with Crippen LogP contribution >= 0.6 is 0 Å². The molecule has 0 aromatic heterocycles. The van der Waals surface area contributed by atoms with Crippen LogP contribution in [0.1, 0.15) is 58.8 Å². The van der Waals surface area contributed by atoms with Crippen molar-refractivity contribution in [2.24, 2.45) is 38.8 Å². The van der Waals surface area contributed by atoms with Crippen molar-refractivity contribution in [3.8, 4) is 0 Å². The molecule has 8 N–H and O–H groups in total. The first-order valence-electron chi connectivity index (χ1n) is 10.1. The third-order valence-electron chi connectivity index (χ3n) is 4.32. The van der Waals surface area contributed by atoms with E-state index in [0.29, 0.717) is 45.4 Å². The third kappa shape index (κ3) is 16.0. The van der Waals surface area contributed by atoms with Crippen molar-refractivity contribution in [1.29, 1.82) is 0 Å². The lowest BCUT2D eigenvalue weighted by Crippen LogP contribution is -2.34. The SMILES string of the molecule is CC(C)C(=O)CN(CCCCCCN=C(N)N)CCC(=O)CCCN=C(N)N. The second kappa shape index (κ2) is 15.9. The summed E-state index contributed by atoms with van der Waals surface area (Å²) in [5.74, 6) is 0.542. The number of aliphatic imine (C=N–C) groups is 2. The molecule has 0 spiro atoms. The lowest BCUT2D eigenvalue weighted by molar-refractivity contribution is -0.124. The van der Waals surface area contributed by atoms with E-state index in [1.165, 1.54) is 0 Å². The molecule has 0 rings (SSSR count). The zero-order valence-corrected chi connectivity index (χ0v) is 17.5. The van der Waals surface area contributed by atoms with Crippen molar-refractivity contribution in [2.75, 3.05) is 32.7 Å². The normalized spacial score (nSPS) is 10.9. The fourth-order valence-corrected chi connectivity index (χ4v) is 2.57. The number of ketones is 2. The molecule has 0 saturated heterocycles. The second-order valence-electron chi connectivity index (χ2n) is 7.32. The molecular formula is C19H39N7O2. The topological polar surface area (TPSA) is 166 Å². The van der Waals surface area contributed by atoms with Gasteiger partial charge in [-0.15, -0.1) is 0 Å². The number of guanidine groups is 2. The molecule has 0 radical (unpaired) electrons. The number of rotatable bonds is 17. The number of nitrogens with zero attached hydrogens (tertiary/aromatic N) is 3. The Hall–Kier alpha value is -2.16. The molecule has 0 fully saturated rings. The maximum Gasteiger partial charge on any atom is 0.185 e. The van der Waals surface area contributed by atoms with Crippen LogP contribution in [0.2, 0.25) is 0 Å². The molecule has 0 bridgehead atoms. The average molecular weight is 398 g/mol. The summed E-state index contributed by atoms with van der Waals surface area (Å²) in [5, 5.41) is 0. The van der Waals surface area contributed by atoms with Crippen LogP contribution in [0.25, 0.3) is 0 Å². The zero-order chi connectivity index (χ0) is 21.4. The Kier molecular flexibility index (Phi) is 14.6. The lowest BCUT2D eigenvalue weighted by atomic mass is 10.1. The number of Topliss-reactive ketones (excluding diaryl/α,β-unsaturated/α-hetero) is 2. The Morgan fingerprint density at radius 3 is 1.93 bits per heavy atom. The molecular weight excluding hydrogens is 358 g/mol. The Morgan fingerprint density at radius 2 is 1.36 bits per heavy atom. The van der Waals surface area contributed by atoms with Crippen molar-refractivity contribution in [2.45, 2.75) is 58.8 Å². The number of carbonyl (C=O) groups is 2. The summed E-state index contributed by atoms with van der Waals surface area (Å²) in [6.45, 7) is 6.72. The lowest BCUT2D eigenvalue weighted by Gasteiger charge is -2.22. The highest BCUT2D eigenvalue weighted by atomic mass is 16.1. The minimum absolute atomic E-state index is 0.00244. The van der Waals surface area contributed by atoms with Crippen LogP contribution in [0.5, 0.6) is 0 Å². The number of hydrogen-bond acceptors (Lipinski definition) is 5. The van der Waals surface area contributed by atoms with Crippen molar-refractivity contribution >= 4 is 23.5 Å². The Bertz CT molecular complexity index is 510. The summed E-state index contributed by atoms with van der Waals surface area (Å²) in [5.41, 5.74) is 21.1. The van der Waals surface area contributed by atoms with E-state index in [-0.39, 0.29) is 29.4 Å². The van der Waals surface area contributed by atoms with E-state index in [9.17, 15) is 9.59 Å². The van der Waals surface area contributed by atoms with Crippen LogP contribution in [0.4, 0.5) is 0 Å². The smallest absolute Gasteiger partial charge is 0.185 e. The molecule has 0 aliphatic heterocycles. The first kappa shape index (κ1) is 25.8. The molecule has 0 unspecified atom stereocenters. The summed E-state index contributed by atoms with van der Waals surface area (Å²) in [6.07, 6.45) is 5.52. The average Bonchev–Trinajstić information content (AvgIpc) is 2.61. The fourth-order valence-electron chi connectivity index (χ4n) is 2.57. The number of hydrogen-bond donors (Lipinski definition) is 4. The number of unbranched alkanes of at least 4 members (excludes halogenated alkanes) is 3. The molecule has 0 atom stereocenters. The number of carbonyl (C=O) groups excluding carboxylic acids is 2. The first-order valence-corrected chi connectivity index (χ1v) is 10.1. The molecule has 0 aliphatic rings. The van der Waals surface area contributed by atoms with Gasteiger partial charge in [-0.2, -0.15) is 0 Å². The van der Waals surface area contributed by atoms with Gasteiger partial charge in [-0.05, 0) is 25.8 Å². The Morgan fingerprint density at radius 1 is 0.786 bits per heavy atom. The van der Waals surface area contributed by atoms with Gasteiger partial charge in [0.15, 0.2) is 11.9 Å². The quantitative estimate of drug-likeness (QED) is 0.156. The van der Waals surface area contributed by atoms with E-state index in [2.05, 4.69) is 14.9 Å². The van der Waals surface area contributed by atoms with E-state index in [0.717, 1.165) is 32.2 Å². The van der Waals surface area contributed by atoms with E-state index in [1.807, 2.05) is 13.8 Å². The van der Waals surface area contributed by atoms with E-state index >= 15 is 0 Å². The van der Waals surface area contributed by atoms with Crippen LogP contribution in [0, 0.1) is 5.92 Å². The summed E-state index contributed by atoms with van der Waals surface area (Å²) in [6, 6.07) is 0. The maximum atomic E-state index is 12.1. The molecule has 28 heavy (non-hydrogen) atoms. The van der Waals surface area contributed by atoms with Gasteiger partial charge in [0.2, 0.25) is 0 Å². The van der Waals surface area contributed by atoms with Gasteiger partial charge in [0, 0.05) is 38.4 Å². The predicted octanol–water partition coefficient (Wildman–Crippen LogP) is 0.360. The largest absolute Gasteiger partial charge is 0.370 e. The minimum Gasteiger partial charge on any atom is -0.370 e. The highest BCUT2D eigenvalue weighted by Gasteiger charge is 2.14. The first-order chi connectivity index (χ1) is 13.2. The molecule has 0 amide bonds. The van der Waals surface area contributed by atoms with Crippen LogP contribution in [0.15, 0.2) is 9.98 Å². The van der Waals surface area contributed by atoms with E-state index < -0.39 is 0 Å². The van der Waals surface area contributed by atoms with Gasteiger partial charge in [0.05, 0.1) is 6.54 Å². The van der Waals surface area contributed by atoms with Gasteiger partial charge >= 0.3 is 0 Å². The highest BCUT2D eigenvalue weighted by Crippen LogP contribution is 2.06. The van der Waals surface area contributed by atoms with E-state index in [1.54, 1.807) is 0 Å². The Labute approximate surface area is 169 Å². The highest BCUT2D eigenvalue weighted by molar-refractivity contribution is 5.82. The molecule has 162 valence electrons. The summed E-state index contributed by atoms with van der Waals surface area (Å²) >= 11 is 0. The van der Waals surface area contributed by atoms with Gasteiger partial charge in [0.25, 0.3) is 0 Å². The maximum absolute atomic E-state index is 12.1. The molecule has 0 aromatic rings. The molecule has 0 aromatic carbocycles. The molecule has 9 heteroatoms. The van der Waals surface area contributed by atoms with Gasteiger partial charge in [-0.1, -0.05) is 26.7 Å². The summed E-state index contributed by atoms with van der Waals surface area (Å²) < 4.78 is 0. The van der Waals surface area contributed by atoms with Crippen LogP contribution in [0.3, 0.4) is 0 Å². The Balaban J connectivity index is 4.22. The summed E-state index contributed by atoms with van der Waals surface area (Å²) in [4.78, 5) is 34.1. The van der Waals surface area contributed by atoms with Gasteiger partial charge in [-0.3, -0.25) is 24.5 Å². The zero-order valence-electron chi connectivity index (χ0n) is 17.5. The fraction of sp³-hybridized carbons (Fsp3) is 0.789. The van der Waals surface area contributed by atoms with Gasteiger partial charge in [0.1, 0.15) is 11.6 Å². The molecule has 0 heterocycles. The van der Waals surface area contributed by atoms with Crippen molar-refractivity contribution < 1.29 is 9.59 Å². The van der Waals surface area contributed by atoms with Crippen molar-refractivity contribution in [3.63, 3.8) is 0 Å². The molecule has 0 aliphatic carbocycles. The molecule has 0 saturated carbocycles. The predicted molar refractivity (Wildman–Crippen MR) is 115 cm³/mol. The monoisotopic (exact) mass is 397 g/mol. The van der Waals surface area contributed by atoms with Gasteiger partial charge < -0.3 is 22.9 Å².